The molecule has 1 N–H and O–H groups in total. The van der Waals surface area contributed by atoms with E-state index in [9.17, 15) is 19.2 Å². The second-order valence-corrected chi connectivity index (χ2v) is 7.93. The maximum Gasteiger partial charge on any atom is 0.306 e. The Morgan fingerprint density at radius 1 is 1.04 bits per heavy atom. The average molecular weight is 321 g/mol. The van der Waals surface area contributed by atoms with Gasteiger partial charge in [0.05, 0.1) is 5.92 Å². The molecule has 1 heterocycles. The van der Waals surface area contributed by atoms with Crippen LogP contribution in [0.2, 0.25) is 0 Å². The maximum absolute atomic E-state index is 13.2. The molecule has 3 fully saturated rings. The number of carboxylic acid groups (broad SMARTS) is 1. The van der Waals surface area contributed by atoms with Gasteiger partial charge in [0, 0.05) is 18.5 Å². The normalized spacial score (nSPS) is 36.6. The van der Waals surface area contributed by atoms with Crippen LogP contribution in [0.25, 0.3) is 0 Å². The first-order valence-corrected chi connectivity index (χ1v) is 8.21. The van der Waals surface area contributed by atoms with Gasteiger partial charge in [-0.05, 0) is 31.1 Å². The number of nitrogens with zero attached hydrogens (tertiary/aromatic N) is 1. The second-order valence-electron chi connectivity index (χ2n) is 7.93. The third-order valence-electron chi connectivity index (χ3n) is 7.04. The fourth-order valence-electron chi connectivity index (χ4n) is 4.84. The smallest absolute Gasteiger partial charge is 0.306 e. The molecule has 2 bridgehead atoms. The summed E-state index contributed by atoms with van der Waals surface area (Å²) in [7, 11) is 0. The number of ketones is 2. The van der Waals surface area contributed by atoms with Gasteiger partial charge in [-0.2, -0.15) is 0 Å². The van der Waals surface area contributed by atoms with E-state index in [-0.39, 0.29) is 5.91 Å². The third kappa shape index (κ3) is 1.69. The molecule has 0 aromatic heterocycles. The van der Waals surface area contributed by atoms with Crippen molar-refractivity contribution in [1.29, 1.82) is 0 Å². The Labute approximate surface area is 135 Å². The number of hydrogen-bond donors (Lipinski definition) is 1. The lowest BCUT2D eigenvalue weighted by Crippen LogP contribution is -2.54. The molecule has 2 aliphatic carbocycles. The van der Waals surface area contributed by atoms with Crippen molar-refractivity contribution >= 4 is 23.4 Å². The molecule has 2 unspecified atom stereocenters. The first kappa shape index (κ1) is 16.1. The van der Waals surface area contributed by atoms with Crippen molar-refractivity contribution in [2.45, 2.75) is 46.5 Å². The van der Waals surface area contributed by atoms with E-state index in [2.05, 4.69) is 0 Å². The fraction of sp³-hybridized carbons (Fsp3) is 0.765. The summed E-state index contributed by atoms with van der Waals surface area (Å²) in [6.45, 7) is 6.18. The Hall–Kier alpha value is -1.72. The van der Waals surface area contributed by atoms with Gasteiger partial charge in [0.2, 0.25) is 17.5 Å². The van der Waals surface area contributed by atoms with Crippen molar-refractivity contribution < 1.29 is 24.3 Å². The van der Waals surface area contributed by atoms with Crippen molar-refractivity contribution in [3.8, 4) is 0 Å². The molecule has 2 saturated carbocycles. The number of likely N-dealkylation sites (tertiary alicyclic amines) is 1. The standard InChI is InChI=1S/C17H23NO5/c1-15(2)16(3)6-7-17(15,12(20)11(16)19)14(23)18-8-4-10(5-9-18)13(21)22/h10H,4-9H2,1-3H3,(H,21,22). The van der Waals surface area contributed by atoms with Gasteiger partial charge < -0.3 is 10.0 Å². The summed E-state index contributed by atoms with van der Waals surface area (Å²) >= 11 is 0. The third-order valence-corrected chi connectivity index (χ3v) is 7.04. The summed E-state index contributed by atoms with van der Waals surface area (Å²) in [5, 5.41) is 9.07. The summed E-state index contributed by atoms with van der Waals surface area (Å²) in [5.41, 5.74) is -2.72. The van der Waals surface area contributed by atoms with E-state index in [1.165, 1.54) is 0 Å². The summed E-state index contributed by atoms with van der Waals surface area (Å²) in [6.07, 6.45) is 1.77. The fourth-order valence-corrected chi connectivity index (χ4v) is 4.84. The molecule has 126 valence electrons. The van der Waals surface area contributed by atoms with Crippen molar-refractivity contribution in [3.05, 3.63) is 0 Å². The van der Waals surface area contributed by atoms with Crippen LogP contribution in [0.15, 0.2) is 0 Å². The van der Waals surface area contributed by atoms with Crippen LogP contribution in [0, 0.1) is 22.2 Å². The van der Waals surface area contributed by atoms with Crippen LogP contribution in [-0.4, -0.2) is 46.5 Å². The highest BCUT2D eigenvalue weighted by Gasteiger charge is 2.78. The molecular formula is C17H23NO5. The number of hydrogen-bond acceptors (Lipinski definition) is 4. The summed E-state index contributed by atoms with van der Waals surface area (Å²) < 4.78 is 0. The number of carboxylic acids is 1. The number of amides is 1. The van der Waals surface area contributed by atoms with Gasteiger partial charge in [-0.15, -0.1) is 0 Å². The molecular weight excluding hydrogens is 298 g/mol. The zero-order valence-electron chi connectivity index (χ0n) is 13.8. The van der Waals surface area contributed by atoms with E-state index in [0.717, 1.165) is 0 Å². The molecule has 23 heavy (non-hydrogen) atoms. The highest BCUT2D eigenvalue weighted by Crippen LogP contribution is 2.69. The molecule has 1 saturated heterocycles. The van der Waals surface area contributed by atoms with Gasteiger partial charge in [0.15, 0.2) is 0 Å². The Kier molecular flexibility index (Phi) is 3.26. The monoisotopic (exact) mass is 321 g/mol. The first-order valence-electron chi connectivity index (χ1n) is 8.21. The Morgan fingerprint density at radius 3 is 2.04 bits per heavy atom. The molecule has 0 aromatic rings. The van der Waals surface area contributed by atoms with Crippen LogP contribution in [-0.2, 0) is 19.2 Å². The van der Waals surface area contributed by atoms with Gasteiger partial charge in [0.1, 0.15) is 5.41 Å². The number of rotatable bonds is 2. The molecule has 1 amide bonds. The van der Waals surface area contributed by atoms with E-state index < -0.39 is 39.7 Å². The number of fused-ring (bicyclic) bond motifs is 2. The number of carbonyl (C=O) groups is 4. The zero-order valence-corrected chi connectivity index (χ0v) is 13.8. The average Bonchev–Trinajstić information content (AvgIpc) is 2.79. The molecule has 1 aliphatic heterocycles. The molecule has 3 aliphatic rings. The Balaban J connectivity index is 1.89. The van der Waals surface area contributed by atoms with Crippen LogP contribution in [0.3, 0.4) is 0 Å². The van der Waals surface area contributed by atoms with E-state index in [1.54, 1.807) is 11.8 Å². The van der Waals surface area contributed by atoms with E-state index >= 15 is 0 Å². The first-order chi connectivity index (χ1) is 10.6. The lowest BCUT2D eigenvalue weighted by molar-refractivity contribution is -0.158. The predicted octanol–water partition coefficient (Wildman–Crippen LogP) is 1.27. The van der Waals surface area contributed by atoms with Crippen LogP contribution < -0.4 is 0 Å². The minimum atomic E-state index is -1.26. The van der Waals surface area contributed by atoms with Gasteiger partial charge in [-0.25, -0.2) is 0 Å². The van der Waals surface area contributed by atoms with Crippen molar-refractivity contribution in [1.82, 2.24) is 4.90 Å². The van der Waals surface area contributed by atoms with Crippen molar-refractivity contribution in [3.63, 3.8) is 0 Å². The molecule has 0 radical (unpaired) electrons. The van der Waals surface area contributed by atoms with Gasteiger partial charge >= 0.3 is 5.97 Å². The predicted molar refractivity (Wildman–Crippen MR) is 80.5 cm³/mol. The lowest BCUT2D eigenvalue weighted by Gasteiger charge is -2.41. The zero-order chi connectivity index (χ0) is 17.2. The van der Waals surface area contributed by atoms with Crippen LogP contribution >= 0.6 is 0 Å². The lowest BCUT2D eigenvalue weighted by atomic mass is 9.64. The summed E-state index contributed by atoms with van der Waals surface area (Å²) in [5.74, 6) is -2.49. The van der Waals surface area contributed by atoms with E-state index in [1.807, 2.05) is 13.8 Å². The molecule has 3 rings (SSSR count). The summed E-state index contributed by atoms with van der Waals surface area (Å²) in [6, 6.07) is 0. The van der Waals surface area contributed by atoms with Crippen molar-refractivity contribution in [2.75, 3.05) is 13.1 Å². The molecule has 2 atom stereocenters. The summed E-state index contributed by atoms with van der Waals surface area (Å²) in [4.78, 5) is 50.9. The van der Waals surface area contributed by atoms with Crippen LogP contribution in [0.1, 0.15) is 46.5 Å². The Bertz CT molecular complexity index is 616. The molecule has 6 nitrogen and oxygen atoms in total. The number of Topliss-reactive ketones (excluding diaryl/α,β-unsaturated/α-hetero) is 2. The quantitative estimate of drug-likeness (QED) is 0.611. The molecule has 0 aromatic carbocycles. The number of piperidine rings is 1. The van der Waals surface area contributed by atoms with Crippen molar-refractivity contribution in [2.24, 2.45) is 22.2 Å². The second kappa shape index (κ2) is 4.65. The van der Waals surface area contributed by atoms with E-state index in [4.69, 9.17) is 5.11 Å². The minimum Gasteiger partial charge on any atom is -0.481 e. The van der Waals surface area contributed by atoms with Gasteiger partial charge in [-0.3, -0.25) is 19.2 Å². The Morgan fingerprint density at radius 2 is 1.61 bits per heavy atom. The molecule has 0 spiro atoms. The largest absolute Gasteiger partial charge is 0.481 e. The van der Waals surface area contributed by atoms with E-state index in [0.29, 0.717) is 38.8 Å². The van der Waals surface area contributed by atoms with Crippen LogP contribution in [0.4, 0.5) is 0 Å². The van der Waals surface area contributed by atoms with Gasteiger partial charge in [-0.1, -0.05) is 20.8 Å². The highest BCUT2D eigenvalue weighted by molar-refractivity contribution is 6.48. The van der Waals surface area contributed by atoms with Gasteiger partial charge in [0.25, 0.3) is 0 Å². The number of carbonyl (C=O) groups excluding carboxylic acids is 3. The minimum absolute atomic E-state index is 0.272. The topological polar surface area (TPSA) is 91.8 Å². The van der Waals surface area contributed by atoms with Crippen LogP contribution in [0.5, 0.6) is 0 Å². The highest BCUT2D eigenvalue weighted by atomic mass is 16.4. The molecule has 6 heteroatoms. The maximum atomic E-state index is 13.2. The number of aliphatic carboxylic acids is 1. The SMILES string of the molecule is CC12CCC(C(=O)N3CCC(C(=O)O)CC3)(C(=O)C1=O)C2(C)C.